The Morgan fingerprint density at radius 2 is 1.39 bits per heavy atom. The first-order valence-electron chi connectivity index (χ1n) is 10.5. The lowest BCUT2D eigenvalue weighted by atomic mass is 10.1. The Morgan fingerprint density at radius 3 is 1.96 bits per heavy atom. The van der Waals surface area contributed by atoms with Gasteiger partial charge in [0.25, 0.3) is 5.91 Å². The van der Waals surface area contributed by atoms with Gasteiger partial charge in [0.05, 0.1) is 7.11 Å². The SMILES string of the molecule is COc1ccc(C(=O)N2CCCCCCC2)cc1S(=O)(=O)N1CCCCCC1. The lowest BCUT2D eigenvalue weighted by molar-refractivity contribution is 0.0742. The number of carbonyl (C=O) groups excluding carboxylic acids is 1. The molecular weight excluding hydrogens is 376 g/mol. The standard InChI is InChI=1S/C21H32N2O4S/c1-27-19-12-11-18(21(24)22-13-7-3-2-4-8-14-22)17-20(19)28(25,26)23-15-9-5-6-10-16-23/h11-12,17H,2-10,13-16H2,1H3. The summed E-state index contributed by atoms with van der Waals surface area (Å²) in [5, 5.41) is 0. The van der Waals surface area contributed by atoms with Gasteiger partial charge in [-0.05, 0) is 43.9 Å². The van der Waals surface area contributed by atoms with Gasteiger partial charge < -0.3 is 9.64 Å². The van der Waals surface area contributed by atoms with Crippen LogP contribution >= 0.6 is 0 Å². The maximum atomic E-state index is 13.3. The lowest BCUT2D eigenvalue weighted by Gasteiger charge is -2.26. The van der Waals surface area contributed by atoms with E-state index in [0.717, 1.165) is 64.5 Å². The van der Waals surface area contributed by atoms with Gasteiger partial charge in [-0.2, -0.15) is 4.31 Å². The Morgan fingerprint density at radius 1 is 0.857 bits per heavy atom. The number of hydrogen-bond acceptors (Lipinski definition) is 4. The van der Waals surface area contributed by atoms with Crippen LogP contribution in [0.25, 0.3) is 0 Å². The fourth-order valence-corrected chi connectivity index (χ4v) is 5.76. The second-order valence-electron chi connectivity index (χ2n) is 7.74. The number of hydrogen-bond donors (Lipinski definition) is 0. The van der Waals surface area contributed by atoms with Crippen molar-refractivity contribution >= 4 is 15.9 Å². The highest BCUT2D eigenvalue weighted by molar-refractivity contribution is 7.89. The molecule has 3 rings (SSSR count). The number of sulfonamides is 1. The highest BCUT2D eigenvalue weighted by Gasteiger charge is 2.29. The second-order valence-corrected chi connectivity index (χ2v) is 9.65. The van der Waals surface area contributed by atoms with Crippen LogP contribution in [0.1, 0.15) is 68.1 Å². The number of carbonyl (C=O) groups is 1. The van der Waals surface area contributed by atoms with E-state index in [1.54, 1.807) is 16.4 Å². The summed E-state index contributed by atoms with van der Waals surface area (Å²) < 4.78 is 33.5. The van der Waals surface area contributed by atoms with Crippen LogP contribution in [0.2, 0.25) is 0 Å². The molecule has 6 nitrogen and oxygen atoms in total. The third kappa shape index (κ3) is 4.87. The number of nitrogens with zero attached hydrogens (tertiary/aromatic N) is 2. The van der Waals surface area contributed by atoms with E-state index in [4.69, 9.17) is 4.74 Å². The predicted molar refractivity (Wildman–Crippen MR) is 109 cm³/mol. The van der Waals surface area contributed by atoms with Gasteiger partial charge in [-0.15, -0.1) is 0 Å². The summed E-state index contributed by atoms with van der Waals surface area (Å²) >= 11 is 0. The van der Waals surface area contributed by atoms with E-state index in [-0.39, 0.29) is 10.8 Å². The Kier molecular flexibility index (Phi) is 7.35. The van der Waals surface area contributed by atoms with Gasteiger partial charge in [0, 0.05) is 31.7 Å². The minimum absolute atomic E-state index is 0.0862. The van der Waals surface area contributed by atoms with Gasteiger partial charge >= 0.3 is 0 Å². The molecule has 0 atom stereocenters. The molecule has 1 aromatic carbocycles. The minimum Gasteiger partial charge on any atom is -0.495 e. The number of rotatable bonds is 4. The van der Waals surface area contributed by atoms with E-state index in [2.05, 4.69) is 0 Å². The third-order valence-electron chi connectivity index (χ3n) is 5.74. The normalized spacial score (nSPS) is 20.1. The maximum Gasteiger partial charge on any atom is 0.253 e. The van der Waals surface area contributed by atoms with Gasteiger partial charge in [0.1, 0.15) is 10.6 Å². The molecule has 0 bridgehead atoms. The van der Waals surface area contributed by atoms with E-state index in [1.807, 2.05) is 4.90 Å². The van der Waals surface area contributed by atoms with Crippen molar-refractivity contribution in [2.24, 2.45) is 0 Å². The average Bonchev–Trinajstić information content (AvgIpc) is 2.97. The van der Waals surface area contributed by atoms with Crippen molar-refractivity contribution in [2.45, 2.75) is 62.7 Å². The minimum atomic E-state index is -3.69. The van der Waals surface area contributed by atoms with Crippen molar-refractivity contribution in [1.29, 1.82) is 0 Å². The van der Waals surface area contributed by atoms with Crippen molar-refractivity contribution < 1.29 is 17.9 Å². The molecule has 28 heavy (non-hydrogen) atoms. The molecule has 0 radical (unpaired) electrons. The smallest absolute Gasteiger partial charge is 0.253 e. The fraction of sp³-hybridized carbons (Fsp3) is 0.667. The largest absolute Gasteiger partial charge is 0.495 e. The Balaban J connectivity index is 1.89. The van der Waals surface area contributed by atoms with E-state index in [0.29, 0.717) is 24.4 Å². The summed E-state index contributed by atoms with van der Waals surface area (Å²) in [7, 11) is -2.22. The lowest BCUT2D eigenvalue weighted by Crippen LogP contribution is -2.34. The molecule has 0 aliphatic carbocycles. The van der Waals surface area contributed by atoms with Gasteiger partial charge in [0.2, 0.25) is 10.0 Å². The van der Waals surface area contributed by atoms with Crippen LogP contribution in [0.15, 0.2) is 23.1 Å². The van der Waals surface area contributed by atoms with Crippen LogP contribution in [-0.4, -0.2) is 56.8 Å². The molecule has 0 N–H and O–H groups in total. The Hall–Kier alpha value is -1.60. The highest BCUT2D eigenvalue weighted by Crippen LogP contribution is 2.30. The van der Waals surface area contributed by atoms with Crippen molar-refractivity contribution in [3.63, 3.8) is 0 Å². The molecule has 7 heteroatoms. The summed E-state index contributed by atoms with van der Waals surface area (Å²) in [4.78, 5) is 15.0. The van der Waals surface area contributed by atoms with Crippen LogP contribution < -0.4 is 4.74 Å². The molecule has 0 aromatic heterocycles. The van der Waals surface area contributed by atoms with Crippen LogP contribution in [0.5, 0.6) is 5.75 Å². The molecule has 2 heterocycles. The van der Waals surface area contributed by atoms with Crippen LogP contribution in [-0.2, 0) is 10.0 Å². The number of likely N-dealkylation sites (tertiary alicyclic amines) is 1. The number of amides is 1. The maximum absolute atomic E-state index is 13.3. The molecular formula is C21H32N2O4S. The molecule has 2 fully saturated rings. The van der Waals surface area contributed by atoms with E-state index >= 15 is 0 Å². The molecule has 2 aliphatic rings. The van der Waals surface area contributed by atoms with Crippen molar-refractivity contribution in [2.75, 3.05) is 33.3 Å². The quantitative estimate of drug-likeness (QED) is 0.762. The zero-order valence-electron chi connectivity index (χ0n) is 16.9. The second kappa shape index (κ2) is 9.74. The first kappa shape index (κ1) is 21.1. The zero-order valence-corrected chi connectivity index (χ0v) is 17.7. The summed E-state index contributed by atoms with van der Waals surface area (Å²) in [5.74, 6) is 0.213. The van der Waals surface area contributed by atoms with Gasteiger partial charge in [0.15, 0.2) is 0 Å². The van der Waals surface area contributed by atoms with Crippen LogP contribution in [0, 0.1) is 0 Å². The van der Waals surface area contributed by atoms with Gasteiger partial charge in [-0.25, -0.2) is 8.42 Å². The summed E-state index contributed by atoms with van der Waals surface area (Å²) in [5.41, 5.74) is 0.426. The molecule has 1 amide bonds. The molecule has 2 saturated heterocycles. The monoisotopic (exact) mass is 408 g/mol. The van der Waals surface area contributed by atoms with Crippen LogP contribution in [0.3, 0.4) is 0 Å². The van der Waals surface area contributed by atoms with E-state index in [9.17, 15) is 13.2 Å². The molecule has 0 saturated carbocycles. The predicted octanol–water partition coefficient (Wildman–Crippen LogP) is 3.67. The van der Waals surface area contributed by atoms with Crippen molar-refractivity contribution in [1.82, 2.24) is 9.21 Å². The molecule has 1 aromatic rings. The Labute approximate surface area is 168 Å². The molecule has 2 aliphatic heterocycles. The summed E-state index contributed by atoms with van der Waals surface area (Å²) in [6.45, 7) is 2.52. The number of benzene rings is 1. The van der Waals surface area contributed by atoms with Crippen LogP contribution in [0.4, 0.5) is 0 Å². The molecule has 156 valence electrons. The zero-order chi connectivity index (χ0) is 20.0. The molecule has 0 unspecified atom stereocenters. The van der Waals surface area contributed by atoms with E-state index < -0.39 is 10.0 Å². The van der Waals surface area contributed by atoms with Crippen molar-refractivity contribution in [3.8, 4) is 5.75 Å². The van der Waals surface area contributed by atoms with Gasteiger partial charge in [-0.1, -0.05) is 32.1 Å². The van der Waals surface area contributed by atoms with Gasteiger partial charge in [-0.3, -0.25) is 4.79 Å². The van der Waals surface area contributed by atoms with E-state index in [1.165, 1.54) is 19.6 Å². The number of methoxy groups -OCH3 is 1. The Bertz CT molecular complexity index is 763. The topological polar surface area (TPSA) is 66.9 Å². The first-order chi connectivity index (χ1) is 13.5. The third-order valence-corrected chi connectivity index (χ3v) is 7.66. The number of ether oxygens (including phenoxy) is 1. The fourth-order valence-electron chi connectivity index (χ4n) is 4.07. The molecule has 0 spiro atoms. The summed E-state index contributed by atoms with van der Waals surface area (Å²) in [6.07, 6.45) is 9.35. The average molecular weight is 409 g/mol. The first-order valence-corrected chi connectivity index (χ1v) is 12.0. The summed E-state index contributed by atoms with van der Waals surface area (Å²) in [6, 6.07) is 4.81. The van der Waals surface area contributed by atoms with Crippen molar-refractivity contribution in [3.05, 3.63) is 23.8 Å². The highest BCUT2D eigenvalue weighted by atomic mass is 32.2.